The Morgan fingerprint density at radius 3 is 0.974 bits per heavy atom. The van der Waals surface area contributed by atoms with Crippen molar-refractivity contribution in [2.24, 2.45) is 0 Å². The van der Waals surface area contributed by atoms with E-state index in [1.165, 1.54) is 44.5 Å². The number of nitrogens with zero attached hydrogens (tertiary/aromatic N) is 4. The minimum atomic E-state index is -0.212. The Morgan fingerprint density at radius 2 is 0.597 bits per heavy atom. The molecule has 3 aromatic heterocycles. The van der Waals surface area contributed by atoms with Crippen LogP contribution < -0.4 is 19.6 Å². The Labute approximate surface area is 447 Å². The largest absolute Gasteiger partial charge is 0.456 e. The number of furan rings is 3. The molecule has 374 valence electrons. The highest BCUT2D eigenvalue weighted by Gasteiger charge is 2.40. The summed E-state index contributed by atoms with van der Waals surface area (Å²) >= 11 is 0. The highest BCUT2D eigenvalue weighted by atomic mass is 16.3. The van der Waals surface area contributed by atoms with Crippen molar-refractivity contribution in [3.05, 3.63) is 216 Å². The topological polar surface area (TPSA) is 52.4 Å². The average Bonchev–Trinajstić information content (AvgIpc) is 4.31. The molecule has 0 radical (unpaired) electrons. The van der Waals surface area contributed by atoms with Crippen molar-refractivity contribution in [3.8, 4) is 22.3 Å². The summed E-state index contributed by atoms with van der Waals surface area (Å²) in [5.74, 6) is 0. The van der Waals surface area contributed by atoms with E-state index in [4.69, 9.17) is 13.3 Å². The Bertz CT molecular complexity index is 4300. The van der Waals surface area contributed by atoms with Gasteiger partial charge < -0.3 is 32.9 Å². The van der Waals surface area contributed by atoms with Gasteiger partial charge in [-0.2, -0.15) is 0 Å². The molecule has 0 amide bonds. The molecule has 13 aromatic rings. The molecule has 2 aliphatic carbocycles. The van der Waals surface area contributed by atoms with Crippen LogP contribution in [0.25, 0.3) is 88.1 Å². The van der Waals surface area contributed by atoms with Crippen LogP contribution in [0.5, 0.6) is 0 Å². The maximum absolute atomic E-state index is 6.89. The third-order valence-corrected chi connectivity index (χ3v) is 17.0. The number of hydrogen-bond donors (Lipinski definition) is 0. The molecule has 0 saturated carbocycles. The molecule has 77 heavy (non-hydrogen) atoms. The van der Waals surface area contributed by atoms with Crippen LogP contribution in [0.3, 0.4) is 0 Å². The lowest BCUT2D eigenvalue weighted by molar-refractivity contribution is 0.660. The summed E-state index contributed by atoms with van der Waals surface area (Å²) in [6, 6.07) is 70.6. The molecule has 15 rings (SSSR count). The quantitative estimate of drug-likeness (QED) is 0.150. The van der Waals surface area contributed by atoms with Gasteiger partial charge in [0.2, 0.25) is 0 Å². The number of benzene rings is 10. The monoisotopic (exact) mass is 1000 g/mol. The van der Waals surface area contributed by atoms with E-state index in [9.17, 15) is 0 Å². The fourth-order valence-electron chi connectivity index (χ4n) is 13.2. The minimum Gasteiger partial charge on any atom is -0.456 e. The zero-order valence-electron chi connectivity index (χ0n) is 44.5. The lowest BCUT2D eigenvalue weighted by Crippen LogP contribution is -2.20. The molecule has 0 unspecified atom stereocenters. The first-order valence-electron chi connectivity index (χ1n) is 26.6. The summed E-state index contributed by atoms with van der Waals surface area (Å²) in [7, 11) is 8.32. The SMILES string of the molecule is CN(C)c1ccc(N(c2ccc3c(c2)oc2cc4c(cc23)oc2cc3c(cc24)oc2cc(N(c4ccc(N(C)C)cc4)c4cccc5c4C(C)(C)c4ccccc4-5)ccc23)c2cccc3c2C(C)(C)c2ccccc2-3)cc1. The van der Waals surface area contributed by atoms with Gasteiger partial charge in [-0.3, -0.25) is 0 Å². The van der Waals surface area contributed by atoms with Crippen LogP contribution >= 0.6 is 0 Å². The van der Waals surface area contributed by atoms with Crippen LogP contribution in [0.4, 0.5) is 45.5 Å². The standard InChI is InChI=1S/C70H56N4O3/c1-69(2)57-19-11-9-15-47(57)51-17-13-21-59(67(51)69)73(43-27-23-41(24-28-43)71(5)6)45-31-33-49-53-37-65-55(39-63(53)75-61(49)35-45)56-40-64-54(38-66(56)77-65)50-34-32-46(36-62(50)76-64)74(44-29-25-42(26-30-44)72(7)8)60-22-14-18-52-48-16-10-12-20-58(48)70(3,4)68(52)60/h9-40H,1-8H3. The van der Waals surface area contributed by atoms with Crippen LogP contribution in [0.15, 0.2) is 207 Å². The molecule has 0 saturated heterocycles. The molecule has 0 N–H and O–H groups in total. The maximum atomic E-state index is 6.89. The number of rotatable bonds is 8. The van der Waals surface area contributed by atoms with E-state index in [-0.39, 0.29) is 10.8 Å². The van der Waals surface area contributed by atoms with E-state index >= 15 is 0 Å². The first kappa shape index (κ1) is 45.2. The van der Waals surface area contributed by atoms with Gasteiger partial charge in [-0.15, -0.1) is 0 Å². The smallest absolute Gasteiger partial charge is 0.137 e. The maximum Gasteiger partial charge on any atom is 0.137 e. The lowest BCUT2D eigenvalue weighted by Gasteiger charge is -2.32. The molecular weight excluding hydrogens is 945 g/mol. The molecule has 0 spiro atoms. The van der Waals surface area contributed by atoms with Crippen molar-refractivity contribution in [1.82, 2.24) is 0 Å². The lowest BCUT2D eigenvalue weighted by atomic mass is 9.81. The average molecular weight is 1000 g/mol. The van der Waals surface area contributed by atoms with Crippen molar-refractivity contribution in [3.63, 3.8) is 0 Å². The molecular formula is C70H56N4O3. The molecule has 3 heterocycles. The Kier molecular flexibility index (Phi) is 9.49. The summed E-state index contributed by atoms with van der Waals surface area (Å²) in [5.41, 5.74) is 23.6. The van der Waals surface area contributed by atoms with E-state index in [1.807, 2.05) is 0 Å². The molecule has 0 fully saturated rings. The van der Waals surface area contributed by atoms with Crippen molar-refractivity contribution >= 4 is 111 Å². The summed E-state index contributed by atoms with van der Waals surface area (Å²) < 4.78 is 20.6. The van der Waals surface area contributed by atoms with Crippen LogP contribution in [0.1, 0.15) is 49.9 Å². The molecule has 7 heteroatoms. The third kappa shape index (κ3) is 6.56. The van der Waals surface area contributed by atoms with E-state index in [1.54, 1.807) is 0 Å². The summed E-state index contributed by atoms with van der Waals surface area (Å²) in [6.07, 6.45) is 0. The molecule has 7 nitrogen and oxygen atoms in total. The van der Waals surface area contributed by atoms with Crippen LogP contribution in [-0.2, 0) is 10.8 Å². The molecule has 2 aliphatic rings. The van der Waals surface area contributed by atoms with Crippen LogP contribution in [0, 0.1) is 0 Å². The predicted octanol–water partition coefficient (Wildman–Crippen LogP) is 19.1. The van der Waals surface area contributed by atoms with E-state index < -0.39 is 0 Å². The Hall–Kier alpha value is -9.20. The zero-order chi connectivity index (χ0) is 52.2. The zero-order valence-corrected chi connectivity index (χ0v) is 44.5. The van der Waals surface area contributed by atoms with Gasteiger partial charge in [0.15, 0.2) is 0 Å². The fourth-order valence-corrected chi connectivity index (χ4v) is 13.2. The van der Waals surface area contributed by atoms with Crippen LogP contribution in [-0.4, -0.2) is 28.2 Å². The first-order chi connectivity index (χ1) is 37.3. The van der Waals surface area contributed by atoms with E-state index in [0.717, 1.165) is 111 Å². The predicted molar refractivity (Wildman–Crippen MR) is 321 cm³/mol. The Balaban J connectivity index is 0.838. The summed E-state index contributed by atoms with van der Waals surface area (Å²) in [5, 5.41) is 6.05. The molecule has 0 aliphatic heterocycles. The van der Waals surface area contributed by atoms with Crippen LogP contribution in [0.2, 0.25) is 0 Å². The van der Waals surface area contributed by atoms with Crippen molar-refractivity contribution in [2.45, 2.75) is 38.5 Å². The highest BCUT2D eigenvalue weighted by Crippen LogP contribution is 2.56. The summed E-state index contributed by atoms with van der Waals surface area (Å²) in [6.45, 7) is 9.40. The van der Waals surface area contributed by atoms with E-state index in [0.29, 0.717) is 0 Å². The number of hydrogen-bond acceptors (Lipinski definition) is 7. The highest BCUT2D eigenvalue weighted by molar-refractivity contribution is 6.19. The third-order valence-electron chi connectivity index (χ3n) is 17.0. The Morgan fingerprint density at radius 1 is 0.286 bits per heavy atom. The van der Waals surface area contributed by atoms with Crippen molar-refractivity contribution < 1.29 is 13.3 Å². The van der Waals surface area contributed by atoms with Crippen molar-refractivity contribution in [1.29, 1.82) is 0 Å². The van der Waals surface area contributed by atoms with E-state index in [2.05, 4.69) is 270 Å². The molecule has 10 aromatic carbocycles. The molecule has 0 atom stereocenters. The van der Waals surface area contributed by atoms with Gasteiger partial charge in [-0.1, -0.05) is 100 Å². The van der Waals surface area contributed by atoms with Gasteiger partial charge in [-0.25, -0.2) is 0 Å². The minimum absolute atomic E-state index is 0.212. The van der Waals surface area contributed by atoms with Gasteiger partial charge in [0, 0.05) is 118 Å². The number of fused-ring (bicyclic) bond motifs is 15. The second-order valence-corrected chi connectivity index (χ2v) is 22.6. The second kappa shape index (κ2) is 16.2. The summed E-state index contributed by atoms with van der Waals surface area (Å²) in [4.78, 5) is 9.07. The fraction of sp³-hybridized carbons (Fsp3) is 0.143. The van der Waals surface area contributed by atoms with Gasteiger partial charge >= 0.3 is 0 Å². The molecule has 0 bridgehead atoms. The second-order valence-electron chi connectivity index (χ2n) is 22.6. The van der Waals surface area contributed by atoms with Gasteiger partial charge in [0.25, 0.3) is 0 Å². The normalized spacial score (nSPS) is 13.9. The van der Waals surface area contributed by atoms with Gasteiger partial charge in [0.1, 0.15) is 33.5 Å². The van der Waals surface area contributed by atoms with Gasteiger partial charge in [0.05, 0.1) is 11.4 Å². The number of anilines is 8. The van der Waals surface area contributed by atoms with Gasteiger partial charge in [-0.05, 0) is 154 Å². The van der Waals surface area contributed by atoms with Crippen molar-refractivity contribution in [2.75, 3.05) is 47.8 Å². The first-order valence-corrected chi connectivity index (χ1v) is 26.6.